The first-order chi connectivity index (χ1) is 14.2. The molecule has 1 N–H and O–H groups in total. The molecule has 0 aliphatic heterocycles. The Hall–Kier alpha value is -1.56. The molecule has 0 bridgehead atoms. The number of hydrogen-bond acceptors (Lipinski definition) is 6. The van der Waals surface area contributed by atoms with Gasteiger partial charge in [-0.25, -0.2) is 13.1 Å². The first kappa shape index (κ1) is 25.7. The Morgan fingerprint density at radius 3 is 1.65 bits per heavy atom. The summed E-state index contributed by atoms with van der Waals surface area (Å²) < 4.78 is 60.7. The zero-order valence-corrected chi connectivity index (χ0v) is 21.2. The first-order valence-corrected chi connectivity index (χ1v) is 15.4. The lowest BCUT2D eigenvalue weighted by Gasteiger charge is -2.43. The van der Waals surface area contributed by atoms with Crippen LogP contribution in [0, 0.1) is 0 Å². The molecule has 172 valence electrons. The van der Waals surface area contributed by atoms with Crippen LogP contribution in [0.3, 0.4) is 0 Å². The number of benzene rings is 2. The van der Waals surface area contributed by atoms with Crippen molar-refractivity contribution in [3.05, 3.63) is 60.7 Å². The van der Waals surface area contributed by atoms with E-state index < -0.39 is 34.5 Å². The lowest BCUT2D eigenvalue weighted by molar-refractivity contribution is 0.207. The summed E-state index contributed by atoms with van der Waals surface area (Å²) in [6.07, 6.45) is 1.94. The Morgan fingerprint density at radius 1 is 0.839 bits per heavy atom. The molecule has 31 heavy (non-hydrogen) atoms. The van der Waals surface area contributed by atoms with Gasteiger partial charge < -0.3 is 4.43 Å². The van der Waals surface area contributed by atoms with Crippen LogP contribution >= 0.6 is 0 Å². The van der Waals surface area contributed by atoms with Crippen molar-refractivity contribution in [2.45, 2.75) is 31.9 Å². The van der Waals surface area contributed by atoms with Crippen molar-refractivity contribution in [1.82, 2.24) is 4.72 Å². The Kier molecular flexibility index (Phi) is 8.23. The van der Waals surface area contributed by atoms with Gasteiger partial charge in [0.2, 0.25) is 10.0 Å². The summed E-state index contributed by atoms with van der Waals surface area (Å²) in [5.74, 6) is 0. The Labute approximate surface area is 187 Å². The van der Waals surface area contributed by atoms with Crippen molar-refractivity contribution >= 4 is 38.8 Å². The maximum atomic E-state index is 11.9. The summed E-state index contributed by atoms with van der Waals surface area (Å²) in [6, 6.07) is 18.9. The van der Waals surface area contributed by atoms with Crippen LogP contribution in [0.1, 0.15) is 20.8 Å². The van der Waals surface area contributed by atoms with Crippen LogP contribution in [-0.4, -0.2) is 56.9 Å². The predicted molar refractivity (Wildman–Crippen MR) is 126 cm³/mol. The molecule has 0 heterocycles. The van der Waals surface area contributed by atoms with Gasteiger partial charge in [0.1, 0.15) is 0 Å². The maximum Gasteiger partial charge on any atom is 0.264 e. The highest BCUT2D eigenvalue weighted by molar-refractivity contribution is 7.88. The van der Waals surface area contributed by atoms with E-state index in [-0.39, 0.29) is 18.3 Å². The van der Waals surface area contributed by atoms with E-state index in [0.29, 0.717) is 0 Å². The molecule has 1 atom stereocenters. The van der Waals surface area contributed by atoms with Crippen LogP contribution in [0.5, 0.6) is 0 Å². The van der Waals surface area contributed by atoms with Gasteiger partial charge in [0.15, 0.2) is 0 Å². The van der Waals surface area contributed by atoms with Gasteiger partial charge in [-0.15, -0.1) is 0 Å². The third-order valence-electron chi connectivity index (χ3n) is 4.78. The van der Waals surface area contributed by atoms with Crippen LogP contribution in [0.4, 0.5) is 0 Å². The van der Waals surface area contributed by atoms with E-state index in [9.17, 15) is 16.8 Å². The SMILES string of the molecule is CC(C)(C)[Si](OC[C@@H](COS(C)(=O)=O)NS(C)(=O)=O)(c1ccccc1)c1ccccc1. The highest BCUT2D eigenvalue weighted by Gasteiger charge is 2.50. The molecule has 2 rings (SSSR count). The fourth-order valence-electron chi connectivity index (χ4n) is 3.61. The first-order valence-electron chi connectivity index (χ1n) is 9.81. The molecule has 0 unspecified atom stereocenters. The topological polar surface area (TPSA) is 98.8 Å². The quantitative estimate of drug-likeness (QED) is 0.404. The van der Waals surface area contributed by atoms with Crippen LogP contribution in [-0.2, 0) is 28.8 Å². The van der Waals surface area contributed by atoms with E-state index in [0.717, 1.165) is 22.9 Å². The van der Waals surface area contributed by atoms with E-state index in [1.807, 2.05) is 60.7 Å². The molecular weight excluding hydrogens is 454 g/mol. The Balaban J connectivity index is 2.51. The van der Waals surface area contributed by atoms with Crippen molar-refractivity contribution in [2.24, 2.45) is 0 Å². The molecule has 0 amide bonds. The van der Waals surface area contributed by atoms with E-state index in [1.165, 1.54) is 0 Å². The summed E-state index contributed by atoms with van der Waals surface area (Å²) in [5.41, 5.74) is 0. The third-order valence-corrected chi connectivity index (χ3v) is 11.1. The summed E-state index contributed by atoms with van der Waals surface area (Å²) in [6.45, 7) is 5.90. The molecule has 7 nitrogen and oxygen atoms in total. The second-order valence-electron chi connectivity index (χ2n) is 8.55. The maximum absolute atomic E-state index is 11.9. The van der Waals surface area contributed by atoms with E-state index >= 15 is 0 Å². The summed E-state index contributed by atoms with van der Waals surface area (Å²) in [4.78, 5) is 0. The smallest absolute Gasteiger partial charge is 0.264 e. The van der Waals surface area contributed by atoms with Crippen molar-refractivity contribution in [2.75, 3.05) is 25.7 Å². The predicted octanol–water partition coefficient (Wildman–Crippen LogP) is 1.46. The molecule has 0 radical (unpaired) electrons. The minimum atomic E-state index is -3.74. The lowest BCUT2D eigenvalue weighted by atomic mass is 10.2. The van der Waals surface area contributed by atoms with Crippen molar-refractivity contribution in [3.8, 4) is 0 Å². The largest absolute Gasteiger partial charge is 0.406 e. The van der Waals surface area contributed by atoms with Crippen molar-refractivity contribution in [3.63, 3.8) is 0 Å². The van der Waals surface area contributed by atoms with Crippen molar-refractivity contribution < 1.29 is 25.4 Å². The molecule has 0 spiro atoms. The van der Waals surface area contributed by atoms with Gasteiger partial charge in [-0.05, 0) is 15.4 Å². The monoisotopic (exact) mass is 485 g/mol. The van der Waals surface area contributed by atoms with Gasteiger partial charge in [-0.1, -0.05) is 81.4 Å². The zero-order valence-electron chi connectivity index (χ0n) is 18.5. The Bertz CT molecular complexity index is 1010. The number of rotatable bonds is 10. The van der Waals surface area contributed by atoms with Gasteiger partial charge >= 0.3 is 0 Å². The van der Waals surface area contributed by atoms with Gasteiger partial charge in [-0.3, -0.25) is 4.18 Å². The van der Waals surface area contributed by atoms with Crippen LogP contribution in [0.25, 0.3) is 0 Å². The van der Waals surface area contributed by atoms with E-state index in [1.54, 1.807) is 0 Å². The van der Waals surface area contributed by atoms with Gasteiger partial charge in [0, 0.05) is 0 Å². The van der Waals surface area contributed by atoms with Crippen molar-refractivity contribution in [1.29, 1.82) is 0 Å². The number of sulfonamides is 1. The molecule has 0 saturated carbocycles. The van der Waals surface area contributed by atoms with Crippen LogP contribution in [0.15, 0.2) is 60.7 Å². The van der Waals surface area contributed by atoms with E-state index in [2.05, 4.69) is 25.5 Å². The number of hydrogen-bond donors (Lipinski definition) is 1. The van der Waals surface area contributed by atoms with Gasteiger partial charge in [-0.2, -0.15) is 8.42 Å². The standard InChI is InChI=1S/C21H31NO6S2Si/c1-21(2,3)31(19-12-8-6-9-13-19,20-14-10-7-11-15-20)28-17-18(22-29(4,23)24)16-27-30(5,25)26/h6-15,18,22H,16-17H2,1-5H3/t18-/m1/s1. The minimum Gasteiger partial charge on any atom is -0.406 e. The fraction of sp³-hybridized carbons (Fsp3) is 0.429. The number of nitrogens with one attached hydrogen (secondary N) is 1. The highest BCUT2D eigenvalue weighted by Crippen LogP contribution is 2.36. The van der Waals surface area contributed by atoms with E-state index in [4.69, 9.17) is 8.61 Å². The normalized spacial score (nSPS) is 14.4. The second kappa shape index (κ2) is 9.93. The van der Waals surface area contributed by atoms with Gasteiger partial charge in [0.05, 0.1) is 31.8 Å². The van der Waals surface area contributed by atoms with Gasteiger partial charge in [0.25, 0.3) is 18.4 Å². The third kappa shape index (κ3) is 7.23. The van der Waals surface area contributed by atoms with Crippen LogP contribution in [0.2, 0.25) is 5.04 Å². The molecule has 0 aliphatic carbocycles. The Morgan fingerprint density at radius 2 is 1.29 bits per heavy atom. The van der Waals surface area contributed by atoms with Crippen LogP contribution < -0.4 is 15.1 Å². The molecule has 0 aliphatic rings. The molecule has 0 aromatic heterocycles. The minimum absolute atomic E-state index is 0.0458. The fourth-order valence-corrected chi connectivity index (χ4v) is 9.37. The average molecular weight is 486 g/mol. The summed E-state index contributed by atoms with van der Waals surface area (Å²) >= 11 is 0. The molecule has 2 aromatic rings. The molecule has 10 heteroatoms. The molecular formula is C21H31NO6S2Si. The summed E-state index contributed by atoms with van der Waals surface area (Å²) in [7, 11) is -10.3. The molecule has 0 saturated heterocycles. The average Bonchev–Trinajstić information content (AvgIpc) is 2.65. The lowest BCUT2D eigenvalue weighted by Crippen LogP contribution is -2.67. The summed E-state index contributed by atoms with van der Waals surface area (Å²) in [5, 5.41) is 1.77. The molecule has 2 aromatic carbocycles. The second-order valence-corrected chi connectivity index (χ2v) is 16.3. The molecule has 0 fully saturated rings. The zero-order chi connectivity index (χ0) is 23.3. The highest BCUT2D eigenvalue weighted by atomic mass is 32.2.